The second-order valence-electron chi connectivity index (χ2n) is 2.54. The Morgan fingerprint density at radius 1 is 1.50 bits per heavy atom. The van der Waals surface area contributed by atoms with Crippen LogP contribution in [0.3, 0.4) is 0 Å². The zero-order chi connectivity index (χ0) is 6.41. The maximum absolute atomic E-state index is 3.84. The van der Waals surface area contributed by atoms with Gasteiger partial charge in [0.25, 0.3) is 0 Å². The zero-order valence-electron chi connectivity index (χ0n) is 6.11. The van der Waals surface area contributed by atoms with Crippen LogP contribution in [-0.4, -0.2) is 0 Å². The average Bonchev–Trinajstić information content (AvgIpc) is 1.83. The fraction of sp³-hybridized carbons (Fsp3) is 0.875. The molecule has 8 heavy (non-hydrogen) atoms. The van der Waals surface area contributed by atoms with Crippen molar-refractivity contribution < 1.29 is 0 Å². The Morgan fingerprint density at radius 3 is 2.50 bits per heavy atom. The van der Waals surface area contributed by atoms with E-state index in [0.29, 0.717) is 0 Å². The number of rotatable bonds is 4. The van der Waals surface area contributed by atoms with Gasteiger partial charge in [0.05, 0.1) is 0 Å². The summed E-state index contributed by atoms with van der Waals surface area (Å²) in [7, 11) is 0. The van der Waals surface area contributed by atoms with E-state index in [-0.39, 0.29) is 0 Å². The molecule has 0 fully saturated rings. The van der Waals surface area contributed by atoms with Crippen molar-refractivity contribution in [1.82, 2.24) is 0 Å². The SMILES string of the molecule is [CH2-]CC(C)CCCC. The molecule has 0 saturated carbocycles. The van der Waals surface area contributed by atoms with Crippen molar-refractivity contribution >= 4 is 0 Å². The summed E-state index contributed by atoms with van der Waals surface area (Å²) >= 11 is 0. The topological polar surface area (TPSA) is 0 Å². The van der Waals surface area contributed by atoms with Gasteiger partial charge in [-0.25, -0.2) is 0 Å². The Bertz CT molecular complexity index is 39.3. The molecule has 0 rings (SSSR count). The highest BCUT2D eigenvalue weighted by Crippen LogP contribution is 2.09. The molecular formula is C8H17-. The van der Waals surface area contributed by atoms with Crippen LogP contribution in [0.15, 0.2) is 0 Å². The summed E-state index contributed by atoms with van der Waals surface area (Å²) in [5, 5.41) is 0. The molecule has 0 aliphatic carbocycles. The third kappa shape index (κ3) is 4.17. The zero-order valence-corrected chi connectivity index (χ0v) is 6.11. The van der Waals surface area contributed by atoms with Gasteiger partial charge in [-0.3, -0.25) is 0 Å². The number of unbranched alkanes of at least 4 members (excludes halogenated alkanes) is 1. The van der Waals surface area contributed by atoms with Gasteiger partial charge in [-0.2, -0.15) is 6.42 Å². The molecule has 0 bridgehead atoms. The first-order valence-corrected chi connectivity index (χ1v) is 3.60. The van der Waals surface area contributed by atoms with E-state index in [1.165, 1.54) is 19.3 Å². The maximum Gasteiger partial charge on any atom is -0.0532 e. The Balaban J connectivity index is 2.86. The van der Waals surface area contributed by atoms with E-state index in [9.17, 15) is 0 Å². The van der Waals surface area contributed by atoms with E-state index in [4.69, 9.17) is 0 Å². The van der Waals surface area contributed by atoms with Crippen LogP contribution in [0.5, 0.6) is 0 Å². The van der Waals surface area contributed by atoms with Crippen LogP contribution < -0.4 is 0 Å². The first-order valence-electron chi connectivity index (χ1n) is 3.60. The minimum absolute atomic E-state index is 0.843. The van der Waals surface area contributed by atoms with Crippen LogP contribution >= 0.6 is 0 Å². The van der Waals surface area contributed by atoms with Gasteiger partial charge in [0.2, 0.25) is 0 Å². The summed E-state index contributed by atoms with van der Waals surface area (Å²) in [6, 6.07) is 0. The molecule has 1 unspecified atom stereocenters. The second-order valence-corrected chi connectivity index (χ2v) is 2.54. The molecule has 0 nitrogen and oxygen atoms in total. The van der Waals surface area contributed by atoms with Crippen LogP contribution in [-0.2, 0) is 0 Å². The van der Waals surface area contributed by atoms with E-state index >= 15 is 0 Å². The lowest BCUT2D eigenvalue weighted by Crippen LogP contribution is -1.90. The molecule has 0 amide bonds. The highest BCUT2D eigenvalue weighted by atomic mass is 14.0. The summed E-state index contributed by atoms with van der Waals surface area (Å²) in [5.41, 5.74) is 0. The van der Waals surface area contributed by atoms with Crippen molar-refractivity contribution in [2.24, 2.45) is 5.92 Å². The summed E-state index contributed by atoms with van der Waals surface area (Å²) in [5.74, 6) is 0.843. The third-order valence-corrected chi connectivity index (χ3v) is 1.54. The summed E-state index contributed by atoms with van der Waals surface area (Å²) < 4.78 is 0. The predicted octanol–water partition coefficient (Wildman–Crippen LogP) is 3.04. The fourth-order valence-electron chi connectivity index (χ4n) is 0.697. The highest BCUT2D eigenvalue weighted by molar-refractivity contribution is 4.52. The lowest BCUT2D eigenvalue weighted by molar-refractivity contribution is 0.510. The summed E-state index contributed by atoms with van der Waals surface area (Å²) in [6.07, 6.45) is 5.15. The minimum Gasteiger partial charge on any atom is -0.343 e. The molecule has 0 aromatic heterocycles. The molecule has 1 atom stereocenters. The lowest BCUT2D eigenvalue weighted by atomic mass is 10.0. The molecule has 0 aliphatic heterocycles. The molecule has 0 saturated heterocycles. The molecule has 50 valence electrons. The van der Waals surface area contributed by atoms with Crippen molar-refractivity contribution in [2.75, 3.05) is 0 Å². The van der Waals surface area contributed by atoms with Gasteiger partial charge in [-0.1, -0.05) is 39.0 Å². The van der Waals surface area contributed by atoms with Gasteiger partial charge in [0.15, 0.2) is 0 Å². The Kier molecular flexibility index (Phi) is 5.14. The van der Waals surface area contributed by atoms with Crippen molar-refractivity contribution in [1.29, 1.82) is 0 Å². The monoisotopic (exact) mass is 113 g/mol. The molecule has 0 spiro atoms. The highest BCUT2D eigenvalue weighted by Gasteiger charge is 1.91. The quantitative estimate of drug-likeness (QED) is 0.491. The Morgan fingerprint density at radius 2 is 2.12 bits per heavy atom. The van der Waals surface area contributed by atoms with Crippen molar-refractivity contribution in [3.63, 3.8) is 0 Å². The van der Waals surface area contributed by atoms with E-state index in [0.717, 1.165) is 12.3 Å². The molecule has 0 heteroatoms. The van der Waals surface area contributed by atoms with Gasteiger partial charge in [0.1, 0.15) is 0 Å². The first kappa shape index (κ1) is 8.00. The summed E-state index contributed by atoms with van der Waals surface area (Å²) in [4.78, 5) is 0. The first-order chi connectivity index (χ1) is 3.81. The van der Waals surface area contributed by atoms with Crippen LogP contribution in [0.1, 0.15) is 39.5 Å². The van der Waals surface area contributed by atoms with Crippen LogP contribution in [0.2, 0.25) is 0 Å². The third-order valence-electron chi connectivity index (χ3n) is 1.54. The van der Waals surface area contributed by atoms with Crippen LogP contribution in [0, 0.1) is 12.8 Å². The van der Waals surface area contributed by atoms with E-state index in [1.54, 1.807) is 0 Å². The Labute approximate surface area is 53.3 Å². The largest absolute Gasteiger partial charge is 0.343 e. The average molecular weight is 113 g/mol. The van der Waals surface area contributed by atoms with Crippen molar-refractivity contribution in [3.05, 3.63) is 6.92 Å². The van der Waals surface area contributed by atoms with Crippen molar-refractivity contribution in [2.45, 2.75) is 39.5 Å². The molecule has 0 N–H and O–H groups in total. The van der Waals surface area contributed by atoms with Crippen LogP contribution in [0.4, 0.5) is 0 Å². The minimum atomic E-state index is 0.843. The molecule has 0 heterocycles. The molecule has 0 aromatic carbocycles. The van der Waals surface area contributed by atoms with Gasteiger partial charge in [-0.05, 0) is 0 Å². The van der Waals surface area contributed by atoms with Crippen LogP contribution in [0.25, 0.3) is 0 Å². The van der Waals surface area contributed by atoms with E-state index in [2.05, 4.69) is 20.8 Å². The fourth-order valence-corrected chi connectivity index (χ4v) is 0.697. The standard InChI is InChI=1S/C8H17/c1-4-6-7-8(3)5-2/h8H,2,4-7H2,1,3H3/q-1. The number of hydrogen-bond acceptors (Lipinski definition) is 0. The maximum atomic E-state index is 3.84. The number of hydrogen-bond donors (Lipinski definition) is 0. The molecule has 0 radical (unpaired) electrons. The lowest BCUT2D eigenvalue weighted by Gasteiger charge is -2.08. The van der Waals surface area contributed by atoms with Gasteiger partial charge in [0, 0.05) is 0 Å². The Hall–Kier alpha value is 0. The van der Waals surface area contributed by atoms with Gasteiger partial charge >= 0.3 is 0 Å². The normalized spacial score (nSPS) is 13.9. The molecule has 0 aromatic rings. The predicted molar refractivity (Wildman–Crippen MR) is 38.7 cm³/mol. The van der Waals surface area contributed by atoms with Gasteiger partial charge < -0.3 is 6.92 Å². The molecular weight excluding hydrogens is 96.1 g/mol. The second kappa shape index (κ2) is 5.14. The van der Waals surface area contributed by atoms with E-state index in [1.807, 2.05) is 0 Å². The van der Waals surface area contributed by atoms with Gasteiger partial charge in [-0.15, -0.1) is 0 Å². The smallest absolute Gasteiger partial charge is 0.0532 e. The van der Waals surface area contributed by atoms with Crippen molar-refractivity contribution in [3.8, 4) is 0 Å². The molecule has 0 aliphatic rings. The summed E-state index contributed by atoms with van der Waals surface area (Å²) in [6.45, 7) is 8.34. The van der Waals surface area contributed by atoms with E-state index < -0.39 is 0 Å².